The van der Waals surface area contributed by atoms with Crippen molar-refractivity contribution in [1.82, 2.24) is 10.2 Å². The van der Waals surface area contributed by atoms with E-state index in [9.17, 15) is 14.7 Å². The summed E-state index contributed by atoms with van der Waals surface area (Å²) in [6, 6.07) is -1.04. The number of carbonyl (C=O) groups is 2. The molecular weight excluding hydrogens is 272 g/mol. The first-order chi connectivity index (χ1) is 10.0. The number of nitrogens with one attached hydrogen (secondary N) is 1. The second-order valence-corrected chi connectivity index (χ2v) is 5.14. The molecule has 124 valence electrons. The van der Waals surface area contributed by atoms with Gasteiger partial charge in [-0.1, -0.05) is 33.6 Å². The fraction of sp³-hybridized carbons (Fsp3) is 0.867. The van der Waals surface area contributed by atoms with Crippen molar-refractivity contribution >= 4 is 12.0 Å². The molecular formula is C15H30N2O4. The van der Waals surface area contributed by atoms with Crippen molar-refractivity contribution in [1.29, 1.82) is 0 Å². The largest absolute Gasteiger partial charge is 0.480 e. The summed E-state index contributed by atoms with van der Waals surface area (Å²) < 4.78 is 5.04. The number of unbranched alkanes of at least 4 members (excludes halogenated alkanes) is 1. The molecule has 0 fully saturated rings. The summed E-state index contributed by atoms with van der Waals surface area (Å²) in [4.78, 5) is 25.3. The Morgan fingerprint density at radius 1 is 1.24 bits per heavy atom. The van der Waals surface area contributed by atoms with Crippen LogP contribution in [0.25, 0.3) is 0 Å². The first-order valence-corrected chi connectivity index (χ1v) is 7.80. The van der Waals surface area contributed by atoms with Crippen LogP contribution in [-0.2, 0) is 9.53 Å². The Bertz CT molecular complexity index is 306. The van der Waals surface area contributed by atoms with E-state index in [0.717, 1.165) is 25.7 Å². The fourth-order valence-electron chi connectivity index (χ4n) is 2.27. The lowest BCUT2D eigenvalue weighted by Gasteiger charge is -2.31. The Balaban J connectivity index is 4.78. The molecule has 0 aliphatic rings. The molecule has 0 saturated carbocycles. The zero-order valence-electron chi connectivity index (χ0n) is 13.7. The number of carbonyl (C=O) groups excluding carboxylic acids is 1. The highest BCUT2D eigenvalue weighted by molar-refractivity contribution is 5.82. The van der Waals surface area contributed by atoms with E-state index in [1.807, 2.05) is 20.8 Å². The zero-order chi connectivity index (χ0) is 16.3. The maximum atomic E-state index is 12.4. The quantitative estimate of drug-likeness (QED) is 0.614. The van der Waals surface area contributed by atoms with Gasteiger partial charge in [0.2, 0.25) is 0 Å². The smallest absolute Gasteiger partial charge is 0.326 e. The van der Waals surface area contributed by atoms with Crippen molar-refractivity contribution < 1.29 is 19.4 Å². The molecule has 21 heavy (non-hydrogen) atoms. The van der Waals surface area contributed by atoms with Crippen LogP contribution in [0.2, 0.25) is 0 Å². The van der Waals surface area contributed by atoms with Crippen molar-refractivity contribution in [2.75, 3.05) is 20.3 Å². The van der Waals surface area contributed by atoms with Crippen LogP contribution in [0.5, 0.6) is 0 Å². The number of methoxy groups -OCH3 is 1. The van der Waals surface area contributed by atoms with Gasteiger partial charge in [-0.25, -0.2) is 9.59 Å². The Kier molecular flexibility index (Phi) is 10.7. The van der Waals surface area contributed by atoms with E-state index in [-0.39, 0.29) is 12.1 Å². The molecule has 0 heterocycles. The minimum Gasteiger partial charge on any atom is -0.480 e. The van der Waals surface area contributed by atoms with Gasteiger partial charge in [0.1, 0.15) is 6.04 Å². The van der Waals surface area contributed by atoms with Gasteiger partial charge in [0, 0.05) is 19.7 Å². The summed E-state index contributed by atoms with van der Waals surface area (Å²) in [5.41, 5.74) is 0. The molecule has 0 saturated heterocycles. The molecule has 2 N–H and O–H groups in total. The van der Waals surface area contributed by atoms with Gasteiger partial charge in [0.25, 0.3) is 0 Å². The van der Waals surface area contributed by atoms with Crippen LogP contribution >= 0.6 is 0 Å². The van der Waals surface area contributed by atoms with Gasteiger partial charge in [-0.3, -0.25) is 0 Å². The first kappa shape index (κ1) is 19.7. The van der Waals surface area contributed by atoms with E-state index in [1.165, 1.54) is 0 Å². The van der Waals surface area contributed by atoms with E-state index in [0.29, 0.717) is 19.6 Å². The van der Waals surface area contributed by atoms with E-state index >= 15 is 0 Å². The van der Waals surface area contributed by atoms with Crippen LogP contribution in [0.1, 0.15) is 52.9 Å². The highest BCUT2D eigenvalue weighted by Crippen LogP contribution is 2.10. The number of amides is 2. The lowest BCUT2D eigenvalue weighted by atomic mass is 10.1. The summed E-state index contributed by atoms with van der Waals surface area (Å²) >= 11 is 0. The van der Waals surface area contributed by atoms with Crippen molar-refractivity contribution in [2.45, 2.75) is 65.0 Å². The lowest BCUT2D eigenvalue weighted by molar-refractivity contribution is -0.139. The Morgan fingerprint density at radius 2 is 1.86 bits per heavy atom. The molecule has 0 aromatic heterocycles. The van der Waals surface area contributed by atoms with Crippen LogP contribution in [0, 0.1) is 0 Å². The van der Waals surface area contributed by atoms with Gasteiger partial charge in [-0.05, 0) is 19.3 Å². The lowest BCUT2D eigenvalue weighted by Crippen LogP contribution is -2.52. The summed E-state index contributed by atoms with van der Waals surface area (Å²) in [6.07, 6.45) is 3.80. The Hall–Kier alpha value is -1.30. The first-order valence-electron chi connectivity index (χ1n) is 7.80. The minimum atomic E-state index is -0.979. The van der Waals surface area contributed by atoms with Crippen molar-refractivity contribution in [3.05, 3.63) is 0 Å². The number of carboxylic acid groups (broad SMARTS) is 1. The van der Waals surface area contributed by atoms with E-state index in [1.54, 1.807) is 12.0 Å². The summed E-state index contributed by atoms with van der Waals surface area (Å²) in [7, 11) is 1.59. The number of urea groups is 1. The molecule has 1 unspecified atom stereocenters. The predicted octanol–water partition coefficient (Wildman–Crippen LogP) is 2.48. The molecule has 0 rings (SSSR count). The molecule has 1 atom stereocenters. The number of hydrogen-bond donors (Lipinski definition) is 2. The van der Waals surface area contributed by atoms with Crippen LogP contribution in [0.4, 0.5) is 4.79 Å². The number of hydrogen-bond acceptors (Lipinski definition) is 3. The summed E-state index contributed by atoms with van der Waals surface area (Å²) in [6.45, 7) is 6.95. The number of nitrogens with zero attached hydrogens (tertiary/aromatic N) is 1. The van der Waals surface area contributed by atoms with Crippen molar-refractivity contribution in [2.24, 2.45) is 0 Å². The summed E-state index contributed by atoms with van der Waals surface area (Å²) in [5, 5.41) is 11.8. The van der Waals surface area contributed by atoms with Crippen LogP contribution < -0.4 is 5.32 Å². The van der Waals surface area contributed by atoms with Crippen molar-refractivity contribution in [3.8, 4) is 0 Å². The topological polar surface area (TPSA) is 78.9 Å². The average molecular weight is 302 g/mol. The van der Waals surface area contributed by atoms with Gasteiger partial charge in [-0.2, -0.15) is 0 Å². The third kappa shape index (κ3) is 7.32. The highest BCUT2D eigenvalue weighted by Gasteiger charge is 2.25. The zero-order valence-corrected chi connectivity index (χ0v) is 13.7. The molecule has 0 radical (unpaired) electrons. The SMILES string of the molecule is CCCCC(NC(=O)N(CCOC)C(CC)CC)C(=O)O. The molecule has 0 aliphatic carbocycles. The van der Waals surface area contributed by atoms with Gasteiger partial charge >= 0.3 is 12.0 Å². The number of aliphatic carboxylic acids is 1. The number of carboxylic acids is 1. The standard InChI is InChI=1S/C15H30N2O4/c1-5-8-9-13(14(18)19)16-15(20)17(10-11-21-4)12(6-2)7-3/h12-13H,5-11H2,1-4H3,(H,16,20)(H,18,19). The highest BCUT2D eigenvalue weighted by atomic mass is 16.5. The molecule has 6 heteroatoms. The minimum absolute atomic E-state index is 0.0979. The molecule has 0 bridgehead atoms. The normalized spacial score (nSPS) is 12.2. The van der Waals surface area contributed by atoms with Gasteiger partial charge in [0.15, 0.2) is 0 Å². The van der Waals surface area contributed by atoms with Crippen molar-refractivity contribution in [3.63, 3.8) is 0 Å². The average Bonchev–Trinajstić information content (AvgIpc) is 2.47. The van der Waals surface area contributed by atoms with E-state index < -0.39 is 12.0 Å². The monoisotopic (exact) mass is 302 g/mol. The predicted molar refractivity (Wildman–Crippen MR) is 82.4 cm³/mol. The second-order valence-electron chi connectivity index (χ2n) is 5.14. The van der Waals surface area contributed by atoms with Gasteiger partial charge in [-0.15, -0.1) is 0 Å². The third-order valence-electron chi connectivity index (χ3n) is 3.62. The molecule has 0 spiro atoms. The molecule has 6 nitrogen and oxygen atoms in total. The summed E-state index contributed by atoms with van der Waals surface area (Å²) in [5.74, 6) is -0.979. The maximum absolute atomic E-state index is 12.4. The number of rotatable bonds is 11. The second kappa shape index (κ2) is 11.4. The Labute approximate surface area is 127 Å². The number of ether oxygens (including phenoxy) is 1. The molecule has 2 amide bonds. The fourth-order valence-corrected chi connectivity index (χ4v) is 2.27. The Morgan fingerprint density at radius 3 is 2.29 bits per heavy atom. The van der Waals surface area contributed by atoms with Crippen LogP contribution in [0.15, 0.2) is 0 Å². The van der Waals surface area contributed by atoms with Gasteiger partial charge in [0.05, 0.1) is 6.61 Å². The third-order valence-corrected chi connectivity index (χ3v) is 3.62. The van der Waals surface area contributed by atoms with E-state index in [4.69, 9.17) is 4.74 Å². The van der Waals surface area contributed by atoms with Crippen LogP contribution in [-0.4, -0.2) is 54.4 Å². The molecule has 0 aliphatic heterocycles. The van der Waals surface area contributed by atoms with E-state index in [2.05, 4.69) is 5.32 Å². The molecule has 0 aromatic rings. The van der Waals surface area contributed by atoms with Crippen LogP contribution in [0.3, 0.4) is 0 Å². The molecule has 0 aromatic carbocycles. The van der Waals surface area contributed by atoms with Gasteiger partial charge < -0.3 is 20.1 Å². The maximum Gasteiger partial charge on any atom is 0.326 e.